The number of likely N-dealkylation sites (tertiary alicyclic amines) is 1. The van der Waals surface area contributed by atoms with Crippen LogP contribution in [0.4, 0.5) is 4.39 Å². The van der Waals surface area contributed by atoms with E-state index in [-0.39, 0.29) is 5.82 Å². The van der Waals surface area contributed by atoms with Crippen molar-refractivity contribution in [2.24, 2.45) is 5.92 Å². The molecule has 1 N–H and O–H groups in total. The van der Waals surface area contributed by atoms with Gasteiger partial charge < -0.3 is 5.32 Å². The van der Waals surface area contributed by atoms with Crippen LogP contribution >= 0.6 is 0 Å². The second-order valence-corrected chi connectivity index (χ2v) is 5.51. The number of hydrogen-bond acceptors (Lipinski definition) is 2. The number of halogens is 1. The van der Waals surface area contributed by atoms with E-state index >= 15 is 0 Å². The summed E-state index contributed by atoms with van der Waals surface area (Å²) in [5, 5.41) is 3.27. The smallest absolute Gasteiger partial charge is 0.123 e. The molecule has 0 saturated carbocycles. The van der Waals surface area contributed by atoms with Crippen LogP contribution in [0.15, 0.2) is 24.3 Å². The summed E-state index contributed by atoms with van der Waals surface area (Å²) >= 11 is 0. The number of piperidine rings is 1. The summed E-state index contributed by atoms with van der Waals surface area (Å²) in [6, 6.07) is 7.46. The maximum Gasteiger partial charge on any atom is 0.123 e. The minimum absolute atomic E-state index is 0.147. The van der Waals surface area contributed by atoms with Gasteiger partial charge in [0.1, 0.15) is 5.82 Å². The lowest BCUT2D eigenvalue weighted by Crippen LogP contribution is -2.38. The summed E-state index contributed by atoms with van der Waals surface area (Å²) in [5.41, 5.74) is 1.25. The number of benzene rings is 1. The highest BCUT2D eigenvalue weighted by molar-refractivity contribution is 5.20. The summed E-state index contributed by atoms with van der Waals surface area (Å²) in [6.45, 7) is 5.65. The molecule has 2 rings (SSSR count). The van der Waals surface area contributed by atoms with E-state index in [0.717, 1.165) is 32.0 Å². The third-order valence-corrected chi connectivity index (χ3v) is 4.22. The van der Waals surface area contributed by atoms with Crippen LogP contribution in [-0.4, -0.2) is 31.6 Å². The number of nitrogens with one attached hydrogen (secondary N) is 1. The highest BCUT2D eigenvalue weighted by atomic mass is 19.1. The molecular weight excluding hydrogens is 239 g/mol. The fourth-order valence-corrected chi connectivity index (χ4v) is 3.15. The number of rotatable bonds is 5. The van der Waals surface area contributed by atoms with Crippen molar-refractivity contribution < 1.29 is 4.39 Å². The first-order valence-electron chi connectivity index (χ1n) is 7.38. The fraction of sp³-hybridized carbons (Fsp3) is 0.625. The lowest BCUT2D eigenvalue weighted by atomic mass is 9.93. The largest absolute Gasteiger partial charge is 0.319 e. The molecule has 1 aliphatic heterocycles. The van der Waals surface area contributed by atoms with Gasteiger partial charge in [0.2, 0.25) is 0 Å². The van der Waals surface area contributed by atoms with Crippen LogP contribution in [0.2, 0.25) is 0 Å². The quantitative estimate of drug-likeness (QED) is 0.878. The highest BCUT2D eigenvalue weighted by Gasteiger charge is 2.24. The molecule has 1 aromatic rings. The zero-order valence-electron chi connectivity index (χ0n) is 12.0. The summed E-state index contributed by atoms with van der Waals surface area (Å²) < 4.78 is 13.0. The maximum atomic E-state index is 13.0. The summed E-state index contributed by atoms with van der Waals surface area (Å²) in [4.78, 5) is 2.55. The zero-order chi connectivity index (χ0) is 13.7. The van der Waals surface area contributed by atoms with Gasteiger partial charge in [0.05, 0.1) is 0 Å². The van der Waals surface area contributed by atoms with Crippen molar-refractivity contribution in [3.63, 3.8) is 0 Å². The molecular formula is C16H25FN2. The standard InChI is InChI=1S/C16H25FN2/c1-3-16(14-4-6-15(17)7-5-14)19-10-8-13(9-11-19)12-18-2/h4-7,13,16,18H,3,8-12H2,1-2H3. The first-order valence-corrected chi connectivity index (χ1v) is 7.38. The lowest BCUT2D eigenvalue weighted by Gasteiger charge is -2.37. The molecule has 1 aromatic carbocycles. The van der Waals surface area contributed by atoms with Crippen LogP contribution in [0.1, 0.15) is 37.8 Å². The van der Waals surface area contributed by atoms with E-state index in [1.54, 1.807) is 12.1 Å². The van der Waals surface area contributed by atoms with Gasteiger partial charge in [-0.1, -0.05) is 19.1 Å². The van der Waals surface area contributed by atoms with Gasteiger partial charge in [0.25, 0.3) is 0 Å². The van der Waals surface area contributed by atoms with Crippen LogP contribution in [0.25, 0.3) is 0 Å². The van der Waals surface area contributed by atoms with E-state index in [1.807, 2.05) is 19.2 Å². The number of nitrogens with zero attached hydrogens (tertiary/aromatic N) is 1. The molecule has 0 aliphatic carbocycles. The monoisotopic (exact) mass is 264 g/mol. The number of hydrogen-bond donors (Lipinski definition) is 1. The molecule has 1 fully saturated rings. The van der Waals surface area contributed by atoms with Gasteiger partial charge in [-0.05, 0) is 69.6 Å². The van der Waals surface area contributed by atoms with E-state index < -0.39 is 0 Å². The third-order valence-electron chi connectivity index (χ3n) is 4.22. The Morgan fingerprint density at radius 3 is 2.42 bits per heavy atom. The fourth-order valence-electron chi connectivity index (χ4n) is 3.15. The van der Waals surface area contributed by atoms with E-state index in [2.05, 4.69) is 17.1 Å². The van der Waals surface area contributed by atoms with Gasteiger partial charge in [-0.25, -0.2) is 4.39 Å². The van der Waals surface area contributed by atoms with Crippen molar-refractivity contribution in [1.82, 2.24) is 10.2 Å². The first-order chi connectivity index (χ1) is 9.24. The molecule has 0 radical (unpaired) electrons. The van der Waals surface area contributed by atoms with Gasteiger partial charge >= 0.3 is 0 Å². The SMILES string of the molecule is CCC(c1ccc(F)cc1)N1CCC(CNC)CC1. The minimum atomic E-state index is -0.147. The second kappa shape index (κ2) is 7.01. The third kappa shape index (κ3) is 3.77. The molecule has 0 amide bonds. The molecule has 0 spiro atoms. The minimum Gasteiger partial charge on any atom is -0.319 e. The molecule has 106 valence electrons. The Kier molecular flexibility index (Phi) is 5.34. The topological polar surface area (TPSA) is 15.3 Å². The van der Waals surface area contributed by atoms with Crippen LogP contribution in [-0.2, 0) is 0 Å². The molecule has 1 saturated heterocycles. The first kappa shape index (κ1) is 14.5. The molecule has 2 nitrogen and oxygen atoms in total. The summed E-state index contributed by atoms with van der Waals surface area (Å²) in [5.74, 6) is 0.665. The van der Waals surface area contributed by atoms with Crippen molar-refractivity contribution in [2.75, 3.05) is 26.7 Å². The molecule has 1 heterocycles. The van der Waals surface area contributed by atoms with Crippen molar-refractivity contribution in [2.45, 2.75) is 32.2 Å². The highest BCUT2D eigenvalue weighted by Crippen LogP contribution is 2.29. The molecule has 3 heteroatoms. The van der Waals surface area contributed by atoms with Crippen molar-refractivity contribution in [3.05, 3.63) is 35.6 Å². The summed E-state index contributed by atoms with van der Waals surface area (Å²) in [6.07, 6.45) is 3.61. The van der Waals surface area contributed by atoms with Crippen LogP contribution in [0.3, 0.4) is 0 Å². The van der Waals surface area contributed by atoms with E-state index in [9.17, 15) is 4.39 Å². The molecule has 1 unspecified atom stereocenters. The van der Waals surface area contributed by atoms with Gasteiger partial charge in [-0.3, -0.25) is 4.90 Å². The molecule has 1 atom stereocenters. The predicted octanol–water partition coefficient (Wildman–Crippen LogP) is 3.21. The van der Waals surface area contributed by atoms with Gasteiger partial charge in [0, 0.05) is 6.04 Å². The lowest BCUT2D eigenvalue weighted by molar-refractivity contribution is 0.129. The summed E-state index contributed by atoms with van der Waals surface area (Å²) in [7, 11) is 2.03. The van der Waals surface area contributed by atoms with Crippen molar-refractivity contribution in [1.29, 1.82) is 0 Å². The maximum absolute atomic E-state index is 13.0. The Morgan fingerprint density at radius 2 is 1.89 bits per heavy atom. The normalized spacial score (nSPS) is 19.5. The van der Waals surface area contributed by atoms with E-state index in [1.165, 1.54) is 18.4 Å². The van der Waals surface area contributed by atoms with Crippen molar-refractivity contribution >= 4 is 0 Å². The Morgan fingerprint density at radius 1 is 1.26 bits per heavy atom. The molecule has 0 bridgehead atoms. The van der Waals surface area contributed by atoms with Gasteiger partial charge in [0.15, 0.2) is 0 Å². The Bertz CT molecular complexity index is 369. The van der Waals surface area contributed by atoms with E-state index in [4.69, 9.17) is 0 Å². The predicted molar refractivity (Wildman–Crippen MR) is 77.7 cm³/mol. The average Bonchev–Trinajstić information content (AvgIpc) is 2.44. The molecule has 1 aliphatic rings. The average molecular weight is 264 g/mol. The Balaban J connectivity index is 1.97. The Labute approximate surface area is 116 Å². The Hall–Kier alpha value is -0.930. The second-order valence-electron chi connectivity index (χ2n) is 5.51. The van der Waals surface area contributed by atoms with Crippen LogP contribution in [0.5, 0.6) is 0 Å². The van der Waals surface area contributed by atoms with Gasteiger partial charge in [-0.15, -0.1) is 0 Å². The zero-order valence-corrected chi connectivity index (χ0v) is 12.0. The van der Waals surface area contributed by atoms with Crippen LogP contribution in [0, 0.1) is 11.7 Å². The van der Waals surface area contributed by atoms with Gasteiger partial charge in [-0.2, -0.15) is 0 Å². The molecule has 0 aromatic heterocycles. The van der Waals surface area contributed by atoms with Crippen molar-refractivity contribution in [3.8, 4) is 0 Å². The van der Waals surface area contributed by atoms with Crippen LogP contribution < -0.4 is 5.32 Å². The molecule has 19 heavy (non-hydrogen) atoms. The van der Waals surface area contributed by atoms with E-state index in [0.29, 0.717) is 6.04 Å².